The number of ether oxygens (including phenoxy) is 1. The number of anilines is 1. The van der Waals surface area contributed by atoms with E-state index in [4.69, 9.17) is 22.8 Å². The minimum atomic E-state index is -0.525. The second kappa shape index (κ2) is 6.49. The normalized spacial score (nSPS) is 10.7. The lowest BCUT2D eigenvalue weighted by Crippen LogP contribution is -2.27. The summed E-state index contributed by atoms with van der Waals surface area (Å²) in [6.07, 6.45) is 6.03. The summed E-state index contributed by atoms with van der Waals surface area (Å²) in [7, 11) is 0. The molecule has 1 rings (SSSR count). The van der Waals surface area contributed by atoms with Gasteiger partial charge in [-0.3, -0.25) is 5.32 Å². The molecule has 3 nitrogen and oxygen atoms in total. The van der Waals surface area contributed by atoms with Gasteiger partial charge in [0.2, 0.25) is 0 Å². The number of halogens is 1. The number of carbonyl (C=O) groups excluding carboxylic acids is 1. The van der Waals surface area contributed by atoms with Gasteiger partial charge in [-0.2, -0.15) is 0 Å². The average Bonchev–Trinajstić information content (AvgIpc) is 2.27. The Morgan fingerprint density at radius 2 is 2.16 bits per heavy atom. The van der Waals surface area contributed by atoms with Crippen LogP contribution in [0.15, 0.2) is 18.2 Å². The molecule has 0 saturated heterocycles. The van der Waals surface area contributed by atoms with E-state index in [0.717, 1.165) is 5.56 Å². The van der Waals surface area contributed by atoms with Gasteiger partial charge in [-0.15, -0.1) is 12.3 Å². The maximum absolute atomic E-state index is 11.6. The van der Waals surface area contributed by atoms with Gasteiger partial charge < -0.3 is 4.74 Å². The Hall–Kier alpha value is -1.66. The lowest BCUT2D eigenvalue weighted by molar-refractivity contribution is 0.0636. The molecule has 1 amide bonds. The molecule has 0 bridgehead atoms. The summed E-state index contributed by atoms with van der Waals surface area (Å²) in [6.45, 7) is 5.44. The molecule has 1 aromatic carbocycles. The standard InChI is InChI=1S/C15H18ClNO2/c1-5-6-7-11-10-12(8-9-13(11)16)17-14(18)19-15(2,3)4/h1,8-10H,6-7H2,2-4H3,(H,17,18). The number of benzene rings is 1. The van der Waals surface area contributed by atoms with Crippen molar-refractivity contribution in [2.24, 2.45) is 0 Å². The Balaban J connectivity index is 2.74. The molecule has 0 aliphatic heterocycles. The molecule has 0 unspecified atom stereocenters. The molecule has 0 aromatic heterocycles. The van der Waals surface area contributed by atoms with Gasteiger partial charge in [0, 0.05) is 17.1 Å². The van der Waals surface area contributed by atoms with Crippen LogP contribution in [0.5, 0.6) is 0 Å². The highest BCUT2D eigenvalue weighted by Gasteiger charge is 2.16. The third-order valence-corrected chi connectivity index (χ3v) is 2.60. The molecule has 102 valence electrons. The first kappa shape index (κ1) is 15.4. The van der Waals surface area contributed by atoms with Gasteiger partial charge in [-0.05, 0) is 51.0 Å². The van der Waals surface area contributed by atoms with E-state index in [-0.39, 0.29) is 0 Å². The van der Waals surface area contributed by atoms with Crippen LogP contribution in [0.1, 0.15) is 32.8 Å². The van der Waals surface area contributed by atoms with Gasteiger partial charge in [-0.25, -0.2) is 4.79 Å². The van der Waals surface area contributed by atoms with E-state index in [0.29, 0.717) is 23.6 Å². The van der Waals surface area contributed by atoms with Crippen LogP contribution in [0.3, 0.4) is 0 Å². The molecule has 4 heteroatoms. The lowest BCUT2D eigenvalue weighted by atomic mass is 10.1. The van der Waals surface area contributed by atoms with Crippen LogP contribution in [-0.2, 0) is 11.2 Å². The van der Waals surface area contributed by atoms with Crippen molar-refractivity contribution in [1.29, 1.82) is 0 Å². The molecule has 0 spiro atoms. The second-order valence-corrected chi connectivity index (χ2v) is 5.54. The Morgan fingerprint density at radius 1 is 1.47 bits per heavy atom. The van der Waals surface area contributed by atoms with E-state index in [1.807, 2.05) is 26.8 Å². The Labute approximate surface area is 119 Å². The Bertz CT molecular complexity index is 498. The molecule has 0 atom stereocenters. The number of hydrogen-bond donors (Lipinski definition) is 1. The van der Waals surface area contributed by atoms with Gasteiger partial charge in [0.05, 0.1) is 0 Å². The van der Waals surface area contributed by atoms with Crippen molar-refractivity contribution in [2.45, 2.75) is 39.2 Å². The number of nitrogens with one attached hydrogen (secondary N) is 1. The summed E-state index contributed by atoms with van der Waals surface area (Å²) in [6, 6.07) is 5.27. The Kier molecular flexibility index (Phi) is 5.26. The van der Waals surface area contributed by atoms with Crippen LogP contribution in [-0.4, -0.2) is 11.7 Å². The molecule has 0 aliphatic carbocycles. The van der Waals surface area contributed by atoms with Crippen LogP contribution in [0.25, 0.3) is 0 Å². The average molecular weight is 280 g/mol. The number of hydrogen-bond acceptors (Lipinski definition) is 2. The largest absolute Gasteiger partial charge is 0.444 e. The van der Waals surface area contributed by atoms with Crippen LogP contribution in [0.2, 0.25) is 5.02 Å². The van der Waals surface area contributed by atoms with E-state index >= 15 is 0 Å². The third kappa shape index (κ3) is 5.67. The molecular formula is C15H18ClNO2. The van der Waals surface area contributed by atoms with E-state index in [9.17, 15) is 4.79 Å². The van der Waals surface area contributed by atoms with E-state index < -0.39 is 11.7 Å². The van der Waals surface area contributed by atoms with Crippen LogP contribution >= 0.6 is 11.6 Å². The summed E-state index contributed by atoms with van der Waals surface area (Å²) in [5.41, 5.74) is 1.03. The van der Waals surface area contributed by atoms with Gasteiger partial charge >= 0.3 is 6.09 Å². The topological polar surface area (TPSA) is 38.3 Å². The third-order valence-electron chi connectivity index (χ3n) is 2.23. The summed E-state index contributed by atoms with van der Waals surface area (Å²) in [4.78, 5) is 11.6. The first-order chi connectivity index (χ1) is 8.81. The number of terminal acetylenes is 1. The van der Waals surface area contributed by atoms with Gasteiger partial charge in [0.25, 0.3) is 0 Å². The minimum Gasteiger partial charge on any atom is -0.444 e. The number of carbonyl (C=O) groups is 1. The summed E-state index contributed by atoms with van der Waals surface area (Å²) in [5, 5.41) is 3.31. The highest BCUT2D eigenvalue weighted by molar-refractivity contribution is 6.31. The van der Waals surface area contributed by atoms with Crippen LogP contribution in [0, 0.1) is 12.3 Å². The van der Waals surface area contributed by atoms with Crippen molar-refractivity contribution in [3.63, 3.8) is 0 Å². The maximum Gasteiger partial charge on any atom is 0.412 e. The molecule has 1 aromatic rings. The summed E-state index contributed by atoms with van der Waals surface area (Å²) in [5.74, 6) is 2.56. The molecular weight excluding hydrogens is 262 g/mol. The number of rotatable bonds is 3. The smallest absolute Gasteiger partial charge is 0.412 e. The van der Waals surface area contributed by atoms with E-state index in [1.54, 1.807) is 12.1 Å². The predicted octanol–water partition coefficient (Wildman–Crippen LogP) is 4.25. The number of amides is 1. The first-order valence-corrected chi connectivity index (χ1v) is 6.41. The molecule has 1 N–H and O–H groups in total. The molecule has 0 fully saturated rings. The van der Waals surface area contributed by atoms with Crippen molar-refractivity contribution >= 4 is 23.4 Å². The summed E-state index contributed by atoms with van der Waals surface area (Å²) >= 11 is 6.06. The van der Waals surface area contributed by atoms with Gasteiger partial charge in [0.1, 0.15) is 5.60 Å². The monoisotopic (exact) mass is 279 g/mol. The van der Waals surface area contributed by atoms with Crippen molar-refractivity contribution in [3.8, 4) is 12.3 Å². The van der Waals surface area contributed by atoms with Crippen molar-refractivity contribution < 1.29 is 9.53 Å². The van der Waals surface area contributed by atoms with Crippen LogP contribution in [0.4, 0.5) is 10.5 Å². The fourth-order valence-corrected chi connectivity index (χ4v) is 1.68. The quantitative estimate of drug-likeness (QED) is 0.840. The highest BCUT2D eigenvalue weighted by atomic mass is 35.5. The zero-order valence-corrected chi connectivity index (χ0v) is 12.2. The molecule has 0 radical (unpaired) electrons. The van der Waals surface area contributed by atoms with Crippen molar-refractivity contribution in [3.05, 3.63) is 28.8 Å². The number of aryl methyl sites for hydroxylation is 1. The first-order valence-electron chi connectivity index (χ1n) is 6.04. The second-order valence-electron chi connectivity index (χ2n) is 5.14. The van der Waals surface area contributed by atoms with E-state index in [1.165, 1.54) is 0 Å². The maximum atomic E-state index is 11.6. The minimum absolute atomic E-state index is 0.488. The molecule has 0 heterocycles. The fourth-order valence-electron chi connectivity index (χ4n) is 1.47. The van der Waals surface area contributed by atoms with Crippen LogP contribution < -0.4 is 5.32 Å². The fraction of sp³-hybridized carbons (Fsp3) is 0.400. The van der Waals surface area contributed by atoms with E-state index in [2.05, 4.69) is 11.2 Å². The zero-order valence-electron chi connectivity index (χ0n) is 11.4. The summed E-state index contributed by atoms with van der Waals surface area (Å²) < 4.78 is 5.18. The molecule has 0 saturated carbocycles. The van der Waals surface area contributed by atoms with Gasteiger partial charge in [-0.1, -0.05) is 11.6 Å². The van der Waals surface area contributed by atoms with Crippen molar-refractivity contribution in [1.82, 2.24) is 0 Å². The molecule has 0 aliphatic rings. The molecule has 19 heavy (non-hydrogen) atoms. The Morgan fingerprint density at radius 3 is 2.74 bits per heavy atom. The highest BCUT2D eigenvalue weighted by Crippen LogP contribution is 2.22. The predicted molar refractivity (Wildman–Crippen MR) is 78.5 cm³/mol. The SMILES string of the molecule is C#CCCc1cc(NC(=O)OC(C)(C)C)ccc1Cl. The van der Waals surface area contributed by atoms with Gasteiger partial charge in [0.15, 0.2) is 0 Å². The van der Waals surface area contributed by atoms with Crippen molar-refractivity contribution in [2.75, 3.05) is 5.32 Å². The lowest BCUT2D eigenvalue weighted by Gasteiger charge is -2.19. The zero-order chi connectivity index (χ0) is 14.5.